The number of nitriles is 1. The maximum atomic E-state index is 8.50. The number of anilines is 1. The summed E-state index contributed by atoms with van der Waals surface area (Å²) >= 11 is 0. The fourth-order valence-corrected chi connectivity index (χ4v) is 3.61. The SMILES string of the molecule is N#CCOc1ccc(N2CC3(CCCCCC3)C2)cc1. The van der Waals surface area contributed by atoms with Crippen LogP contribution in [-0.2, 0) is 0 Å². The van der Waals surface area contributed by atoms with E-state index in [1.165, 1.54) is 57.3 Å². The van der Waals surface area contributed by atoms with Gasteiger partial charge in [-0.1, -0.05) is 25.7 Å². The Balaban J connectivity index is 1.57. The highest BCUT2D eigenvalue weighted by Crippen LogP contribution is 2.44. The third kappa shape index (κ3) is 2.75. The lowest BCUT2D eigenvalue weighted by Crippen LogP contribution is -2.56. The highest BCUT2D eigenvalue weighted by molar-refractivity contribution is 5.52. The first kappa shape index (κ1) is 13.3. The first-order valence-corrected chi connectivity index (χ1v) is 7.66. The maximum absolute atomic E-state index is 8.50. The number of ether oxygens (including phenoxy) is 1. The smallest absolute Gasteiger partial charge is 0.174 e. The van der Waals surface area contributed by atoms with Crippen molar-refractivity contribution in [3.8, 4) is 11.8 Å². The van der Waals surface area contributed by atoms with E-state index in [-0.39, 0.29) is 6.61 Å². The molecule has 1 aromatic carbocycles. The Bertz CT molecular complexity index is 473. The molecule has 2 fully saturated rings. The molecule has 0 radical (unpaired) electrons. The van der Waals surface area contributed by atoms with Crippen LogP contribution in [0.5, 0.6) is 5.75 Å². The van der Waals surface area contributed by atoms with Gasteiger partial charge < -0.3 is 9.64 Å². The van der Waals surface area contributed by atoms with Crippen molar-refractivity contribution >= 4 is 5.69 Å². The van der Waals surface area contributed by atoms with E-state index in [2.05, 4.69) is 17.0 Å². The van der Waals surface area contributed by atoms with E-state index in [4.69, 9.17) is 10.00 Å². The summed E-state index contributed by atoms with van der Waals surface area (Å²) in [5.74, 6) is 0.778. The Morgan fingerprint density at radius 1 is 1.05 bits per heavy atom. The number of hydrogen-bond acceptors (Lipinski definition) is 3. The van der Waals surface area contributed by atoms with Crippen molar-refractivity contribution in [2.45, 2.75) is 38.5 Å². The summed E-state index contributed by atoms with van der Waals surface area (Å²) in [5.41, 5.74) is 1.89. The zero-order valence-corrected chi connectivity index (χ0v) is 12.0. The van der Waals surface area contributed by atoms with Crippen molar-refractivity contribution in [1.29, 1.82) is 5.26 Å². The summed E-state index contributed by atoms with van der Waals surface area (Å²) in [4.78, 5) is 2.47. The maximum Gasteiger partial charge on any atom is 0.174 e. The van der Waals surface area contributed by atoms with Crippen LogP contribution in [0.15, 0.2) is 24.3 Å². The van der Waals surface area contributed by atoms with Gasteiger partial charge in [0.2, 0.25) is 0 Å². The molecule has 1 aliphatic carbocycles. The van der Waals surface area contributed by atoms with Gasteiger partial charge in [0.1, 0.15) is 11.8 Å². The molecule has 106 valence electrons. The van der Waals surface area contributed by atoms with E-state index >= 15 is 0 Å². The summed E-state index contributed by atoms with van der Waals surface area (Å²) in [6.07, 6.45) is 8.49. The molecule has 20 heavy (non-hydrogen) atoms. The summed E-state index contributed by atoms with van der Waals surface area (Å²) in [6.45, 7) is 2.54. The van der Waals surface area contributed by atoms with Crippen LogP contribution >= 0.6 is 0 Å². The third-order valence-corrected chi connectivity index (χ3v) is 4.72. The molecule has 1 aliphatic heterocycles. The van der Waals surface area contributed by atoms with Crippen molar-refractivity contribution in [2.75, 3.05) is 24.6 Å². The van der Waals surface area contributed by atoms with E-state index in [1.807, 2.05) is 18.2 Å². The normalized spacial score (nSPS) is 20.9. The molecule has 0 aromatic heterocycles. The van der Waals surface area contributed by atoms with Gasteiger partial charge in [-0.25, -0.2) is 0 Å². The van der Waals surface area contributed by atoms with E-state index in [0.717, 1.165) is 5.75 Å². The molecule has 0 N–H and O–H groups in total. The minimum atomic E-state index is 0.117. The zero-order chi connectivity index (χ0) is 13.8. The Labute approximate surface area is 121 Å². The lowest BCUT2D eigenvalue weighted by atomic mass is 9.73. The molecule has 0 amide bonds. The van der Waals surface area contributed by atoms with Crippen LogP contribution in [0.25, 0.3) is 0 Å². The molecule has 0 bridgehead atoms. The van der Waals surface area contributed by atoms with Gasteiger partial charge in [0.05, 0.1) is 0 Å². The van der Waals surface area contributed by atoms with Crippen LogP contribution < -0.4 is 9.64 Å². The summed E-state index contributed by atoms with van der Waals surface area (Å²) < 4.78 is 5.29. The molecule has 2 aliphatic rings. The van der Waals surface area contributed by atoms with Crippen LogP contribution in [0.4, 0.5) is 5.69 Å². The monoisotopic (exact) mass is 270 g/mol. The van der Waals surface area contributed by atoms with Gasteiger partial charge in [0.25, 0.3) is 0 Å². The standard InChI is InChI=1S/C17H22N2O/c18-11-12-20-16-7-5-15(6-8-16)19-13-17(14-19)9-3-1-2-4-10-17/h5-8H,1-4,9-10,12-14H2. The predicted octanol–water partition coefficient (Wildman–Crippen LogP) is 3.75. The molecule has 0 unspecified atom stereocenters. The number of hydrogen-bond donors (Lipinski definition) is 0. The van der Waals surface area contributed by atoms with Gasteiger partial charge in [0, 0.05) is 24.2 Å². The van der Waals surface area contributed by atoms with E-state index in [1.54, 1.807) is 0 Å². The second kappa shape index (κ2) is 5.75. The van der Waals surface area contributed by atoms with Crippen molar-refractivity contribution in [3.63, 3.8) is 0 Å². The van der Waals surface area contributed by atoms with E-state index in [9.17, 15) is 0 Å². The molecule has 1 spiro atoms. The van der Waals surface area contributed by atoms with Crippen LogP contribution in [0.1, 0.15) is 38.5 Å². The number of nitrogens with zero attached hydrogens (tertiary/aromatic N) is 2. The third-order valence-electron chi connectivity index (χ3n) is 4.72. The number of rotatable bonds is 3. The van der Waals surface area contributed by atoms with Gasteiger partial charge in [0.15, 0.2) is 6.61 Å². The zero-order valence-electron chi connectivity index (χ0n) is 12.0. The molecule has 3 nitrogen and oxygen atoms in total. The fraction of sp³-hybridized carbons (Fsp3) is 0.588. The van der Waals surface area contributed by atoms with Crippen molar-refractivity contribution in [2.24, 2.45) is 5.41 Å². The Morgan fingerprint density at radius 3 is 2.30 bits per heavy atom. The lowest BCUT2D eigenvalue weighted by molar-refractivity contribution is 0.180. The highest BCUT2D eigenvalue weighted by Gasteiger charge is 2.42. The molecule has 3 rings (SSSR count). The summed E-state index contributed by atoms with van der Waals surface area (Å²) in [7, 11) is 0. The van der Waals surface area contributed by atoms with Crippen molar-refractivity contribution < 1.29 is 4.74 Å². The number of benzene rings is 1. The second-order valence-electron chi connectivity index (χ2n) is 6.21. The topological polar surface area (TPSA) is 36.3 Å². The summed E-state index contributed by atoms with van der Waals surface area (Å²) in [6, 6.07) is 10.1. The minimum Gasteiger partial charge on any atom is -0.479 e. The van der Waals surface area contributed by atoms with Gasteiger partial charge in [-0.05, 0) is 37.1 Å². The highest BCUT2D eigenvalue weighted by atomic mass is 16.5. The summed E-state index contributed by atoms with van der Waals surface area (Å²) in [5, 5.41) is 8.50. The van der Waals surface area contributed by atoms with Gasteiger partial charge in [-0.15, -0.1) is 0 Å². The Morgan fingerprint density at radius 2 is 1.70 bits per heavy atom. The van der Waals surface area contributed by atoms with Crippen molar-refractivity contribution in [3.05, 3.63) is 24.3 Å². The first-order valence-electron chi connectivity index (χ1n) is 7.66. The molecule has 1 saturated heterocycles. The first-order chi connectivity index (χ1) is 9.81. The average Bonchev–Trinajstić information content (AvgIpc) is 2.70. The molecule has 1 heterocycles. The van der Waals surface area contributed by atoms with Crippen molar-refractivity contribution in [1.82, 2.24) is 0 Å². The lowest BCUT2D eigenvalue weighted by Gasteiger charge is -2.51. The van der Waals surface area contributed by atoms with Gasteiger partial charge in [-0.3, -0.25) is 0 Å². The molecule has 0 atom stereocenters. The Hall–Kier alpha value is -1.69. The predicted molar refractivity (Wildman–Crippen MR) is 79.9 cm³/mol. The van der Waals surface area contributed by atoms with E-state index < -0.39 is 0 Å². The molecule has 3 heteroatoms. The minimum absolute atomic E-state index is 0.117. The largest absolute Gasteiger partial charge is 0.479 e. The van der Waals surface area contributed by atoms with Crippen LogP contribution in [0, 0.1) is 16.7 Å². The molecular formula is C17H22N2O. The molecular weight excluding hydrogens is 248 g/mol. The van der Waals surface area contributed by atoms with Gasteiger partial charge >= 0.3 is 0 Å². The van der Waals surface area contributed by atoms with Gasteiger partial charge in [-0.2, -0.15) is 5.26 Å². The van der Waals surface area contributed by atoms with Crippen LogP contribution in [0.2, 0.25) is 0 Å². The second-order valence-corrected chi connectivity index (χ2v) is 6.21. The quantitative estimate of drug-likeness (QED) is 0.839. The van der Waals surface area contributed by atoms with Crippen LogP contribution in [0.3, 0.4) is 0 Å². The molecule has 1 aromatic rings. The van der Waals surface area contributed by atoms with Crippen LogP contribution in [-0.4, -0.2) is 19.7 Å². The van der Waals surface area contributed by atoms with E-state index in [0.29, 0.717) is 5.41 Å². The fourth-order valence-electron chi connectivity index (χ4n) is 3.61. The Kier molecular flexibility index (Phi) is 3.82. The molecule has 1 saturated carbocycles. The average molecular weight is 270 g/mol.